The van der Waals surface area contributed by atoms with E-state index in [0.29, 0.717) is 43.7 Å². The molecule has 2 aromatic heterocycles. The normalized spacial score (nSPS) is 22.3. The molecule has 2 unspecified atom stereocenters. The second-order valence-electron chi connectivity index (χ2n) is 15.4. The molecule has 1 saturated heterocycles. The first-order chi connectivity index (χ1) is 25.6. The van der Waals surface area contributed by atoms with Crippen LogP contribution in [0.1, 0.15) is 95.0 Å². The van der Waals surface area contributed by atoms with Crippen molar-refractivity contribution in [1.82, 2.24) is 30.5 Å². The average Bonchev–Trinajstić information content (AvgIpc) is 3.67. The highest BCUT2D eigenvalue weighted by atomic mass is 16.3. The van der Waals surface area contributed by atoms with Crippen molar-refractivity contribution in [2.75, 3.05) is 0 Å². The third-order valence-electron chi connectivity index (χ3n) is 11.1. The van der Waals surface area contributed by atoms with Crippen LogP contribution in [0.5, 0.6) is 0 Å². The van der Waals surface area contributed by atoms with Crippen molar-refractivity contribution in [1.29, 1.82) is 0 Å². The van der Waals surface area contributed by atoms with E-state index in [0.717, 1.165) is 43.4 Å². The molecular weight excluding hydrogens is 670 g/mol. The summed E-state index contributed by atoms with van der Waals surface area (Å²) in [4.78, 5) is 55.8. The van der Waals surface area contributed by atoms with E-state index < -0.39 is 42.0 Å². The van der Waals surface area contributed by atoms with Gasteiger partial charge in [-0.3, -0.25) is 19.4 Å². The molecule has 0 radical (unpaired) electrons. The maximum Gasteiger partial charge on any atom is 0.243 e. The zero-order valence-corrected chi connectivity index (χ0v) is 31.3. The number of nitrogens with two attached hydrogens (primary N) is 1. The van der Waals surface area contributed by atoms with Gasteiger partial charge in [0.05, 0.1) is 24.4 Å². The van der Waals surface area contributed by atoms with Gasteiger partial charge in [0.25, 0.3) is 0 Å². The minimum absolute atomic E-state index is 0.0193. The molecular formula is C41H59N7O5. The quantitative estimate of drug-likeness (QED) is 0.122. The number of aliphatic hydroxyl groups is 2. The fourth-order valence-electron chi connectivity index (χ4n) is 8.34. The van der Waals surface area contributed by atoms with Crippen LogP contribution in [0.25, 0.3) is 0 Å². The Labute approximate surface area is 313 Å². The summed E-state index contributed by atoms with van der Waals surface area (Å²) in [5.74, 6) is -1.44. The van der Waals surface area contributed by atoms with E-state index in [4.69, 9.17) is 5.73 Å². The van der Waals surface area contributed by atoms with Crippen LogP contribution in [0.15, 0.2) is 67.3 Å². The lowest BCUT2D eigenvalue weighted by molar-refractivity contribution is -0.142. The van der Waals surface area contributed by atoms with Gasteiger partial charge >= 0.3 is 0 Å². The molecule has 0 spiro atoms. The number of hydrogen-bond acceptors (Lipinski definition) is 8. The van der Waals surface area contributed by atoms with Crippen LogP contribution in [0.2, 0.25) is 0 Å². The van der Waals surface area contributed by atoms with E-state index in [1.165, 1.54) is 6.33 Å². The number of likely N-dealkylation sites (tertiary alicyclic amines) is 1. The fourth-order valence-corrected chi connectivity index (χ4v) is 8.34. The highest BCUT2D eigenvalue weighted by molar-refractivity contribution is 5.91. The molecule has 12 nitrogen and oxygen atoms in total. The number of carbonyl (C=O) groups is 3. The van der Waals surface area contributed by atoms with Crippen LogP contribution in [-0.2, 0) is 33.6 Å². The summed E-state index contributed by atoms with van der Waals surface area (Å²) < 4.78 is 0. The highest BCUT2D eigenvalue weighted by Gasteiger charge is 2.37. The van der Waals surface area contributed by atoms with E-state index in [2.05, 4.69) is 25.6 Å². The van der Waals surface area contributed by atoms with Crippen molar-refractivity contribution in [3.05, 3.63) is 84.2 Å². The van der Waals surface area contributed by atoms with Gasteiger partial charge in [-0.25, -0.2) is 4.98 Å². The molecule has 7 N–H and O–H groups in total. The van der Waals surface area contributed by atoms with Crippen LogP contribution in [0.3, 0.4) is 0 Å². The zero-order chi connectivity index (χ0) is 37.7. The Kier molecular flexibility index (Phi) is 15.0. The Hall–Kier alpha value is -4.13. The lowest BCUT2D eigenvalue weighted by Gasteiger charge is -2.42. The molecule has 2 fully saturated rings. The monoisotopic (exact) mass is 729 g/mol. The minimum atomic E-state index is -1.22. The van der Waals surface area contributed by atoms with Crippen LogP contribution in [0.4, 0.5) is 0 Å². The van der Waals surface area contributed by atoms with E-state index in [-0.39, 0.29) is 43.3 Å². The van der Waals surface area contributed by atoms with Crippen LogP contribution in [-0.4, -0.2) is 90.2 Å². The van der Waals surface area contributed by atoms with Gasteiger partial charge in [0.2, 0.25) is 17.7 Å². The van der Waals surface area contributed by atoms with Gasteiger partial charge in [-0.1, -0.05) is 68.5 Å². The van der Waals surface area contributed by atoms with E-state index in [1.54, 1.807) is 12.4 Å². The second-order valence-corrected chi connectivity index (χ2v) is 15.4. The maximum atomic E-state index is 14.3. The molecule has 5 rings (SSSR count). The van der Waals surface area contributed by atoms with Gasteiger partial charge in [-0.2, -0.15) is 0 Å². The molecule has 1 saturated carbocycles. The zero-order valence-electron chi connectivity index (χ0n) is 31.3. The Morgan fingerprint density at radius 1 is 0.943 bits per heavy atom. The standard InChI is InChI=1S/C41H59N7O5/c1-27-19-32(42)20-28(2)48(27)38(50)23-31(21-29-11-5-3-6-12-29)40(52)47-36(24-34-25-43-26-45-34)41(53)46-35(22-30-13-7-4-8-14-30)39(51)37(49)17-16-33-15-9-10-18-44-33/h3,5-6,9-12,15,18,25-28,30-32,35-37,39,49,51H,4,7-8,13-14,16-17,19-24,42H2,1-2H3,(H,43,45)(H,46,53)(H,47,52)/t27?,28?,31-,32?,35+,36+,37+,39-/m1/s1. The van der Waals surface area contributed by atoms with Gasteiger partial charge < -0.3 is 36.5 Å². The van der Waals surface area contributed by atoms with E-state index in [9.17, 15) is 24.6 Å². The summed E-state index contributed by atoms with van der Waals surface area (Å²) in [6.45, 7) is 4.00. The van der Waals surface area contributed by atoms with Crippen LogP contribution < -0.4 is 16.4 Å². The number of hydrogen-bond donors (Lipinski definition) is 6. The van der Waals surface area contributed by atoms with Crippen molar-refractivity contribution in [2.45, 2.75) is 140 Å². The number of amides is 3. The second kappa shape index (κ2) is 19.8. The third-order valence-corrected chi connectivity index (χ3v) is 11.1. The van der Waals surface area contributed by atoms with E-state index >= 15 is 0 Å². The number of aryl methyl sites for hydroxylation is 1. The summed E-state index contributed by atoms with van der Waals surface area (Å²) in [7, 11) is 0. The van der Waals surface area contributed by atoms with Crippen molar-refractivity contribution in [3.8, 4) is 0 Å². The summed E-state index contributed by atoms with van der Waals surface area (Å²) in [5.41, 5.74) is 8.62. The molecule has 1 aromatic carbocycles. The number of benzene rings is 1. The number of nitrogens with zero attached hydrogens (tertiary/aromatic N) is 3. The Morgan fingerprint density at radius 3 is 2.32 bits per heavy atom. The van der Waals surface area contributed by atoms with Crippen molar-refractivity contribution in [3.63, 3.8) is 0 Å². The van der Waals surface area contributed by atoms with Gasteiger partial charge in [0, 0.05) is 54.7 Å². The molecule has 53 heavy (non-hydrogen) atoms. The summed E-state index contributed by atoms with van der Waals surface area (Å²) in [6.07, 6.45) is 10.9. The summed E-state index contributed by atoms with van der Waals surface area (Å²) >= 11 is 0. The molecule has 0 bridgehead atoms. The average molecular weight is 730 g/mol. The van der Waals surface area contributed by atoms with Gasteiger partial charge in [-0.15, -0.1) is 0 Å². The molecule has 12 heteroatoms. The lowest BCUT2D eigenvalue weighted by Crippen LogP contribution is -2.57. The first-order valence-corrected chi connectivity index (χ1v) is 19.5. The Balaban J connectivity index is 1.34. The number of carbonyl (C=O) groups excluding carboxylic acids is 3. The first-order valence-electron chi connectivity index (χ1n) is 19.5. The number of aromatic nitrogens is 3. The summed E-state index contributed by atoms with van der Waals surface area (Å²) in [6, 6.07) is 13.3. The number of pyridine rings is 1. The first kappa shape index (κ1) is 40.1. The number of rotatable bonds is 17. The molecule has 3 heterocycles. The molecule has 3 amide bonds. The number of piperidine rings is 1. The Morgan fingerprint density at radius 2 is 1.66 bits per heavy atom. The third kappa shape index (κ3) is 11.9. The number of nitrogens with one attached hydrogen (secondary N) is 3. The number of H-pyrrole nitrogens is 1. The van der Waals surface area contributed by atoms with Crippen molar-refractivity contribution in [2.24, 2.45) is 17.6 Å². The number of imidazole rings is 1. The molecule has 1 aliphatic heterocycles. The predicted octanol–water partition coefficient (Wildman–Crippen LogP) is 3.62. The lowest BCUT2D eigenvalue weighted by atomic mass is 9.82. The van der Waals surface area contributed by atoms with Crippen molar-refractivity contribution < 1.29 is 24.6 Å². The molecule has 3 aromatic rings. The van der Waals surface area contributed by atoms with E-state index in [1.807, 2.05) is 67.3 Å². The van der Waals surface area contributed by atoms with Gasteiger partial charge in [-0.05, 0) is 76.0 Å². The molecule has 2 aliphatic rings. The highest BCUT2D eigenvalue weighted by Crippen LogP contribution is 2.29. The smallest absolute Gasteiger partial charge is 0.243 e. The Bertz CT molecular complexity index is 1540. The van der Waals surface area contributed by atoms with Crippen molar-refractivity contribution >= 4 is 17.7 Å². The fraction of sp³-hybridized carbons (Fsp3) is 0.585. The van der Waals surface area contributed by atoms with Gasteiger partial charge in [0.1, 0.15) is 12.1 Å². The van der Waals surface area contributed by atoms with Crippen LogP contribution >= 0.6 is 0 Å². The molecule has 1 aliphatic carbocycles. The SMILES string of the molecule is CC1CC(N)CC(C)N1C(=O)C[C@@H](Cc1ccccc1)C(=O)N[C@@H](Cc1cnc[nH]1)C(=O)N[C@@H](CC1CCCCC1)[C@@H](O)[C@@H](O)CCc1ccccn1. The maximum absolute atomic E-state index is 14.3. The van der Waals surface area contributed by atoms with Gasteiger partial charge in [0.15, 0.2) is 0 Å². The number of aromatic amines is 1. The largest absolute Gasteiger partial charge is 0.390 e. The predicted molar refractivity (Wildman–Crippen MR) is 203 cm³/mol. The number of aliphatic hydroxyl groups excluding tert-OH is 2. The summed E-state index contributed by atoms with van der Waals surface area (Å²) in [5, 5.41) is 28.8. The molecule has 288 valence electrons. The molecule has 7 atom stereocenters. The van der Waals surface area contributed by atoms with Crippen LogP contribution in [0, 0.1) is 11.8 Å². The minimum Gasteiger partial charge on any atom is -0.390 e. The topological polar surface area (TPSA) is 187 Å².